The van der Waals surface area contributed by atoms with Gasteiger partial charge in [0.05, 0.1) is 5.56 Å². The minimum absolute atomic E-state index is 0.0140. The second-order valence-corrected chi connectivity index (χ2v) is 9.27. The van der Waals surface area contributed by atoms with Gasteiger partial charge in [0.25, 0.3) is 5.91 Å². The molecular formula is C25H36N4O3. The van der Waals surface area contributed by atoms with E-state index in [1.54, 1.807) is 0 Å². The highest BCUT2D eigenvalue weighted by Gasteiger charge is 2.34. The number of benzene rings is 1. The van der Waals surface area contributed by atoms with Crippen LogP contribution < -0.4 is 10.2 Å². The molecule has 3 amide bonds. The zero-order chi connectivity index (χ0) is 22.7. The molecule has 2 saturated carbocycles. The van der Waals surface area contributed by atoms with E-state index in [9.17, 15) is 14.4 Å². The smallest absolute Gasteiger partial charge is 0.256 e. The lowest BCUT2D eigenvalue weighted by Gasteiger charge is -2.29. The highest BCUT2D eigenvalue weighted by atomic mass is 16.2. The molecule has 4 rings (SSSR count). The van der Waals surface area contributed by atoms with E-state index in [2.05, 4.69) is 10.2 Å². The third kappa shape index (κ3) is 4.92. The van der Waals surface area contributed by atoms with Gasteiger partial charge in [0.1, 0.15) is 0 Å². The van der Waals surface area contributed by atoms with Crippen LogP contribution in [-0.4, -0.2) is 66.8 Å². The van der Waals surface area contributed by atoms with E-state index in [4.69, 9.17) is 0 Å². The summed E-state index contributed by atoms with van der Waals surface area (Å²) >= 11 is 0. The van der Waals surface area contributed by atoms with Crippen LogP contribution in [0.15, 0.2) is 18.2 Å². The lowest BCUT2D eigenvalue weighted by molar-refractivity contribution is -0.132. The molecule has 0 bridgehead atoms. The number of carbonyl (C=O) groups is 3. The second-order valence-electron chi connectivity index (χ2n) is 9.27. The van der Waals surface area contributed by atoms with Gasteiger partial charge in [-0.2, -0.15) is 0 Å². The molecule has 3 fully saturated rings. The molecule has 1 aromatic carbocycles. The molecule has 32 heavy (non-hydrogen) atoms. The van der Waals surface area contributed by atoms with Gasteiger partial charge < -0.3 is 20.0 Å². The van der Waals surface area contributed by atoms with Gasteiger partial charge in [-0.15, -0.1) is 0 Å². The van der Waals surface area contributed by atoms with Crippen molar-refractivity contribution in [2.24, 2.45) is 11.8 Å². The molecule has 0 spiro atoms. The topological polar surface area (TPSA) is 73.0 Å². The summed E-state index contributed by atoms with van der Waals surface area (Å²) in [6.45, 7) is 8.22. The van der Waals surface area contributed by atoms with E-state index in [1.165, 1.54) is 0 Å². The molecule has 0 aromatic heterocycles. The predicted molar refractivity (Wildman–Crippen MR) is 126 cm³/mol. The summed E-state index contributed by atoms with van der Waals surface area (Å²) in [5.74, 6) is 0.659. The largest absolute Gasteiger partial charge is 0.369 e. The summed E-state index contributed by atoms with van der Waals surface area (Å²) in [6, 6.07) is 5.71. The SMILES string of the molecule is CCN(CC)C(=O)c1cc(NC(=O)C2CCC2)ccc1N1CCCN(C(=O)C2CC2)CC1. The Labute approximate surface area is 191 Å². The van der Waals surface area contributed by atoms with Crippen LogP contribution in [0.1, 0.15) is 62.7 Å². The van der Waals surface area contributed by atoms with Crippen molar-refractivity contribution in [3.63, 3.8) is 0 Å². The fourth-order valence-electron chi connectivity index (χ4n) is 4.62. The van der Waals surface area contributed by atoms with E-state index in [-0.39, 0.29) is 23.7 Å². The normalized spacial score (nSPS) is 19.2. The first-order valence-corrected chi connectivity index (χ1v) is 12.3. The van der Waals surface area contributed by atoms with Crippen LogP contribution in [0.2, 0.25) is 0 Å². The van der Waals surface area contributed by atoms with E-state index in [0.29, 0.717) is 43.3 Å². The Morgan fingerprint density at radius 2 is 1.69 bits per heavy atom. The van der Waals surface area contributed by atoms with E-state index < -0.39 is 0 Å². The van der Waals surface area contributed by atoms with Gasteiger partial charge in [0.15, 0.2) is 0 Å². The molecule has 7 nitrogen and oxygen atoms in total. The summed E-state index contributed by atoms with van der Waals surface area (Å²) in [6.07, 6.45) is 5.93. The standard InChI is InChI=1S/C25H36N4O3/c1-3-27(4-2)25(32)21-17-20(26-23(30)18-7-5-8-18)11-12-22(21)28-13-6-14-29(16-15-28)24(31)19-9-10-19/h11-12,17-19H,3-10,13-16H2,1-2H3,(H,26,30). The Morgan fingerprint density at radius 3 is 2.31 bits per heavy atom. The Morgan fingerprint density at radius 1 is 0.938 bits per heavy atom. The van der Waals surface area contributed by atoms with E-state index in [0.717, 1.165) is 57.3 Å². The maximum atomic E-state index is 13.4. The monoisotopic (exact) mass is 440 g/mol. The number of amides is 3. The van der Waals surface area contributed by atoms with Gasteiger partial charge in [-0.25, -0.2) is 0 Å². The van der Waals surface area contributed by atoms with Crippen molar-refractivity contribution in [1.29, 1.82) is 0 Å². The zero-order valence-corrected chi connectivity index (χ0v) is 19.4. The van der Waals surface area contributed by atoms with Crippen molar-refractivity contribution in [2.75, 3.05) is 49.5 Å². The minimum Gasteiger partial charge on any atom is -0.369 e. The van der Waals surface area contributed by atoms with Crippen molar-refractivity contribution in [3.05, 3.63) is 23.8 Å². The van der Waals surface area contributed by atoms with Crippen LogP contribution in [0.4, 0.5) is 11.4 Å². The van der Waals surface area contributed by atoms with Crippen molar-refractivity contribution in [2.45, 2.75) is 52.4 Å². The average molecular weight is 441 g/mol. The van der Waals surface area contributed by atoms with Gasteiger partial charge in [-0.05, 0) is 64.2 Å². The number of nitrogens with one attached hydrogen (secondary N) is 1. The molecule has 174 valence electrons. The predicted octanol–water partition coefficient (Wildman–Crippen LogP) is 3.36. The lowest BCUT2D eigenvalue weighted by atomic mass is 9.85. The van der Waals surface area contributed by atoms with Gasteiger partial charge in [-0.3, -0.25) is 14.4 Å². The first-order chi connectivity index (χ1) is 15.5. The number of carbonyl (C=O) groups excluding carboxylic acids is 3. The third-order valence-corrected chi connectivity index (χ3v) is 7.10. The number of nitrogens with zero attached hydrogens (tertiary/aromatic N) is 3. The first-order valence-electron chi connectivity index (χ1n) is 12.3. The number of anilines is 2. The highest BCUT2D eigenvalue weighted by Crippen LogP contribution is 2.33. The van der Waals surface area contributed by atoms with Crippen molar-refractivity contribution < 1.29 is 14.4 Å². The first kappa shape index (κ1) is 22.6. The summed E-state index contributed by atoms with van der Waals surface area (Å²) in [5, 5.41) is 3.02. The molecular weight excluding hydrogens is 404 g/mol. The Balaban J connectivity index is 1.55. The maximum Gasteiger partial charge on any atom is 0.256 e. The summed E-state index contributed by atoms with van der Waals surface area (Å²) in [4.78, 5) is 44.4. The van der Waals surface area contributed by atoms with Crippen molar-refractivity contribution >= 4 is 29.1 Å². The van der Waals surface area contributed by atoms with Crippen molar-refractivity contribution in [3.8, 4) is 0 Å². The van der Waals surface area contributed by atoms with E-state index in [1.807, 2.05) is 41.8 Å². The molecule has 1 heterocycles. The number of hydrogen-bond acceptors (Lipinski definition) is 4. The number of rotatable bonds is 7. The number of hydrogen-bond donors (Lipinski definition) is 1. The molecule has 2 aliphatic carbocycles. The maximum absolute atomic E-state index is 13.4. The third-order valence-electron chi connectivity index (χ3n) is 7.10. The van der Waals surface area contributed by atoms with Gasteiger partial charge >= 0.3 is 0 Å². The quantitative estimate of drug-likeness (QED) is 0.706. The lowest BCUT2D eigenvalue weighted by Crippen LogP contribution is -2.37. The highest BCUT2D eigenvalue weighted by molar-refractivity contribution is 6.02. The fourth-order valence-corrected chi connectivity index (χ4v) is 4.62. The molecule has 1 N–H and O–H groups in total. The molecule has 0 unspecified atom stereocenters. The van der Waals surface area contributed by atoms with Crippen molar-refractivity contribution in [1.82, 2.24) is 9.80 Å². The Bertz CT molecular complexity index is 859. The molecule has 7 heteroatoms. The van der Waals surface area contributed by atoms with Crippen LogP contribution in [0.5, 0.6) is 0 Å². The van der Waals surface area contributed by atoms with Crippen LogP contribution in [0, 0.1) is 11.8 Å². The summed E-state index contributed by atoms with van der Waals surface area (Å²) in [5.41, 5.74) is 2.20. The van der Waals surface area contributed by atoms with Crippen LogP contribution >= 0.6 is 0 Å². The summed E-state index contributed by atoms with van der Waals surface area (Å²) in [7, 11) is 0. The molecule has 3 aliphatic rings. The van der Waals surface area contributed by atoms with E-state index >= 15 is 0 Å². The Kier molecular flexibility index (Phi) is 7.01. The zero-order valence-electron chi connectivity index (χ0n) is 19.4. The molecule has 1 aliphatic heterocycles. The summed E-state index contributed by atoms with van der Waals surface area (Å²) < 4.78 is 0. The van der Waals surface area contributed by atoms with Gasteiger partial charge in [-0.1, -0.05) is 6.42 Å². The molecule has 0 radical (unpaired) electrons. The molecule has 1 aromatic rings. The average Bonchev–Trinajstić information content (AvgIpc) is 3.60. The van der Waals surface area contributed by atoms with Gasteiger partial charge in [0.2, 0.25) is 11.8 Å². The minimum atomic E-state index is -0.0140. The van der Waals surface area contributed by atoms with Crippen LogP contribution in [0.3, 0.4) is 0 Å². The van der Waals surface area contributed by atoms with Crippen LogP contribution in [-0.2, 0) is 9.59 Å². The fraction of sp³-hybridized carbons (Fsp3) is 0.640. The Hall–Kier alpha value is -2.57. The van der Waals surface area contributed by atoms with Crippen LogP contribution in [0.25, 0.3) is 0 Å². The molecule has 0 atom stereocenters. The van der Waals surface area contributed by atoms with Gasteiger partial charge in [0, 0.05) is 62.5 Å². The second kappa shape index (κ2) is 9.92. The molecule has 1 saturated heterocycles.